The van der Waals surface area contributed by atoms with E-state index in [4.69, 9.17) is 9.79 Å². The normalized spacial score (nSPS) is 14.0. The number of aromatic amines is 1. The molecule has 1 aromatic carbocycles. The number of aliphatic hydroxyl groups excluding tert-OH is 2. The molecule has 0 aliphatic carbocycles. The molecule has 34 heavy (non-hydrogen) atoms. The van der Waals surface area contributed by atoms with E-state index in [1.807, 2.05) is 11.9 Å². The van der Waals surface area contributed by atoms with Crippen LogP contribution in [0.3, 0.4) is 0 Å². The molecule has 2 aliphatic heterocycles. The number of fused-ring (bicyclic) bond motifs is 2. The minimum atomic E-state index is -4.91. The fourth-order valence-electron chi connectivity index (χ4n) is 3.04. The fraction of sp³-hybridized carbons (Fsp3) is 0.412. The number of H-pyrrole nitrogens is 1. The Morgan fingerprint density at radius 1 is 1.15 bits per heavy atom. The third-order valence-electron chi connectivity index (χ3n) is 4.78. The molecular formula is C17H24N4NaO11P. The fourth-order valence-corrected chi connectivity index (χ4v) is 3.39. The van der Waals surface area contributed by atoms with Crippen molar-refractivity contribution in [2.75, 3.05) is 6.61 Å². The molecular weight excluding hydrogens is 490 g/mol. The van der Waals surface area contributed by atoms with E-state index in [-0.39, 0.29) is 52.0 Å². The smallest absolute Gasteiger partial charge is 0.849 e. The van der Waals surface area contributed by atoms with Crippen molar-refractivity contribution in [3.8, 4) is 11.5 Å². The predicted molar refractivity (Wildman–Crippen MR) is 112 cm³/mol. The van der Waals surface area contributed by atoms with Crippen LogP contribution in [0.5, 0.6) is 0 Å². The molecule has 3 unspecified atom stereocenters. The summed E-state index contributed by atoms with van der Waals surface area (Å²) in [5, 5.41) is 32.7. The summed E-state index contributed by atoms with van der Waals surface area (Å²) in [5.74, 6) is -0.182. The molecule has 9 N–H and O–H groups in total. The number of hydrogen-bond donors (Lipinski definition) is 5. The van der Waals surface area contributed by atoms with Crippen LogP contribution >= 0.6 is 7.82 Å². The van der Waals surface area contributed by atoms with Crippen molar-refractivity contribution in [3.05, 3.63) is 44.1 Å². The molecule has 0 saturated carbocycles. The Kier molecular flexibility index (Phi) is 11.8. The molecule has 184 valence electrons. The third kappa shape index (κ3) is 7.21. The van der Waals surface area contributed by atoms with Crippen molar-refractivity contribution in [2.45, 2.75) is 38.7 Å². The zero-order valence-electron chi connectivity index (χ0n) is 18.4. The van der Waals surface area contributed by atoms with Gasteiger partial charge in [0.05, 0.1) is 23.7 Å². The van der Waals surface area contributed by atoms with Crippen LogP contribution in [-0.4, -0.2) is 75.4 Å². The van der Waals surface area contributed by atoms with E-state index in [2.05, 4.69) is 14.5 Å². The maximum atomic E-state index is 12.7. The third-order valence-corrected chi connectivity index (χ3v) is 5.26. The van der Waals surface area contributed by atoms with Gasteiger partial charge >= 0.3 is 43.1 Å². The molecule has 2 heterocycles. The van der Waals surface area contributed by atoms with Crippen molar-refractivity contribution >= 4 is 18.9 Å². The minimum absolute atomic E-state index is 0. The van der Waals surface area contributed by atoms with Crippen LogP contribution in [0.25, 0.3) is 22.6 Å². The number of aliphatic hydroxyl groups is 2. The first-order chi connectivity index (χ1) is 14.4. The second-order valence-electron chi connectivity index (χ2n) is 7.07. The zero-order chi connectivity index (χ0) is 23.1. The van der Waals surface area contributed by atoms with E-state index < -0.39 is 50.5 Å². The molecule has 1 aromatic rings. The molecule has 0 saturated heterocycles. The largest absolute Gasteiger partial charge is 1.00 e. The van der Waals surface area contributed by atoms with Crippen LogP contribution < -0.4 is 45.9 Å². The molecule has 0 fully saturated rings. The Bertz CT molecular complexity index is 1260. The number of phosphoric acid groups is 1. The summed E-state index contributed by atoms with van der Waals surface area (Å²) in [5.41, 5.74) is 0.446. The van der Waals surface area contributed by atoms with Gasteiger partial charge in [0.15, 0.2) is 11.5 Å². The summed E-state index contributed by atoms with van der Waals surface area (Å²) in [4.78, 5) is 51.4. The summed E-state index contributed by atoms with van der Waals surface area (Å²) in [6, 6.07) is 3.36. The van der Waals surface area contributed by atoms with Gasteiger partial charge in [-0.3, -0.25) is 14.3 Å². The summed E-state index contributed by atoms with van der Waals surface area (Å²) >= 11 is 0. The van der Waals surface area contributed by atoms with Crippen LogP contribution in [0.4, 0.5) is 0 Å². The second kappa shape index (κ2) is 12.4. The molecule has 0 bridgehead atoms. The SMILES string of the molecule is Cc1cc2nc3c(=O)[nH]c(=O)nc-3n(CC([O-])C(O)C(O)COP(=O)(O)O)c2cc1C.O.O.[Na+]. The van der Waals surface area contributed by atoms with Gasteiger partial charge in [-0.25, -0.2) is 14.3 Å². The van der Waals surface area contributed by atoms with Crippen LogP contribution in [0, 0.1) is 13.8 Å². The van der Waals surface area contributed by atoms with E-state index in [1.54, 1.807) is 19.1 Å². The Morgan fingerprint density at radius 2 is 1.74 bits per heavy atom. The molecule has 0 spiro atoms. The van der Waals surface area contributed by atoms with Gasteiger partial charge in [-0.1, -0.05) is 6.10 Å². The van der Waals surface area contributed by atoms with Gasteiger partial charge in [-0.05, 0) is 37.1 Å². The quantitative estimate of drug-likeness (QED) is 0.112. The average Bonchev–Trinajstić information content (AvgIpc) is 2.67. The van der Waals surface area contributed by atoms with Crippen molar-refractivity contribution in [3.63, 3.8) is 0 Å². The van der Waals surface area contributed by atoms with E-state index in [9.17, 15) is 29.5 Å². The summed E-state index contributed by atoms with van der Waals surface area (Å²) < 4.78 is 16.1. The van der Waals surface area contributed by atoms with Crippen molar-refractivity contribution < 1.29 is 74.7 Å². The second-order valence-corrected chi connectivity index (χ2v) is 8.31. The van der Waals surface area contributed by atoms with Gasteiger partial charge in [-0.2, -0.15) is 4.98 Å². The van der Waals surface area contributed by atoms with E-state index in [0.717, 1.165) is 11.1 Å². The first-order valence-electron chi connectivity index (χ1n) is 9.01. The van der Waals surface area contributed by atoms with E-state index in [1.165, 1.54) is 4.57 Å². The number of nitrogens with one attached hydrogen (secondary N) is 1. The monoisotopic (exact) mass is 514 g/mol. The van der Waals surface area contributed by atoms with Gasteiger partial charge in [0.2, 0.25) is 0 Å². The van der Waals surface area contributed by atoms with Crippen molar-refractivity contribution in [1.29, 1.82) is 0 Å². The number of nitrogens with zero attached hydrogens (tertiary/aromatic N) is 3. The summed E-state index contributed by atoms with van der Waals surface area (Å²) in [7, 11) is -4.91. The molecule has 17 heteroatoms. The van der Waals surface area contributed by atoms with Crippen molar-refractivity contribution in [1.82, 2.24) is 19.5 Å². The Hall–Kier alpha value is -1.59. The Labute approximate surface area is 213 Å². The van der Waals surface area contributed by atoms with E-state index >= 15 is 0 Å². The average molecular weight is 514 g/mol. The molecule has 3 rings (SSSR count). The van der Waals surface area contributed by atoms with Crippen LogP contribution in [-0.2, 0) is 15.6 Å². The summed E-state index contributed by atoms with van der Waals surface area (Å²) in [6.07, 6.45) is -5.82. The van der Waals surface area contributed by atoms with Gasteiger partial charge in [0.25, 0.3) is 5.56 Å². The number of aryl methyl sites for hydroxylation is 2. The first kappa shape index (κ1) is 32.4. The molecule has 0 amide bonds. The zero-order valence-corrected chi connectivity index (χ0v) is 21.3. The van der Waals surface area contributed by atoms with Crippen LogP contribution in [0.15, 0.2) is 21.7 Å². The number of hydrogen-bond acceptors (Lipinski definition) is 9. The number of benzene rings is 1. The summed E-state index contributed by atoms with van der Waals surface area (Å²) in [6.45, 7) is 2.11. The predicted octanol–water partition coefficient (Wildman–Crippen LogP) is -6.88. The van der Waals surface area contributed by atoms with Gasteiger partial charge in [0, 0.05) is 6.54 Å². The van der Waals surface area contributed by atoms with Crippen molar-refractivity contribution in [2.24, 2.45) is 0 Å². The Morgan fingerprint density at radius 3 is 2.32 bits per heavy atom. The maximum Gasteiger partial charge on any atom is 1.00 e. The number of rotatable bonds is 7. The molecule has 15 nitrogen and oxygen atoms in total. The molecule has 0 radical (unpaired) electrons. The number of phosphoric ester groups is 1. The Balaban J connectivity index is 0.00000363. The van der Waals surface area contributed by atoms with E-state index in [0.29, 0.717) is 11.0 Å². The number of aromatic nitrogens is 4. The molecule has 2 aliphatic rings. The van der Waals surface area contributed by atoms with Gasteiger partial charge < -0.3 is 40.6 Å². The maximum absolute atomic E-state index is 12.7. The molecule has 0 aromatic heterocycles. The molecule has 3 atom stereocenters. The van der Waals surface area contributed by atoms with Gasteiger partial charge in [-0.15, -0.1) is 0 Å². The van der Waals surface area contributed by atoms with Gasteiger partial charge in [0.1, 0.15) is 6.10 Å². The first-order valence-corrected chi connectivity index (χ1v) is 10.5. The van der Waals surface area contributed by atoms with Crippen LogP contribution in [0.1, 0.15) is 11.1 Å². The van der Waals surface area contributed by atoms with Crippen LogP contribution in [0.2, 0.25) is 0 Å². The standard InChI is InChI=1S/C17H20N4O9P.Na.2H2O/c1-7-3-9-10(4-8(7)2)21(15-13(18-9)16(25)20-17(26)19-15)5-11(22)14(24)12(23)6-30-31(27,28)29;;;/h3-4,11-12,14,23-24H,5-6H2,1-2H3,(H,20,25,26)(H2,27,28,29);;2*1H2/q-1;+1;;. The topological polar surface area (TPSA) is 274 Å². The minimum Gasteiger partial charge on any atom is -0.849 e.